The van der Waals surface area contributed by atoms with E-state index < -0.39 is 6.04 Å². The lowest BCUT2D eigenvalue weighted by Crippen LogP contribution is -2.33. The number of pyridine rings is 1. The Bertz CT molecular complexity index is 581. The fourth-order valence-electron chi connectivity index (χ4n) is 1.78. The van der Waals surface area contributed by atoms with Crippen molar-refractivity contribution in [1.29, 1.82) is 5.26 Å². The zero-order valence-electron chi connectivity index (χ0n) is 9.40. The first-order valence-electron chi connectivity index (χ1n) is 5.28. The molecule has 2 N–H and O–H groups in total. The predicted molar refractivity (Wildman–Crippen MR) is 63.0 cm³/mol. The Balaban J connectivity index is 2.23. The van der Waals surface area contributed by atoms with Crippen molar-refractivity contribution in [3.05, 3.63) is 30.1 Å². The molecule has 5 nitrogen and oxygen atoms in total. The van der Waals surface area contributed by atoms with Gasteiger partial charge in [0.25, 0.3) is 0 Å². The van der Waals surface area contributed by atoms with Gasteiger partial charge in [0.05, 0.1) is 6.07 Å². The molecule has 0 aliphatic rings. The quantitative estimate of drug-likeness (QED) is 0.826. The number of rotatable bonds is 3. The first-order valence-corrected chi connectivity index (χ1v) is 5.28. The maximum Gasteiger partial charge on any atom is 0.217 e. The van der Waals surface area contributed by atoms with E-state index in [4.69, 9.17) is 5.26 Å². The minimum Gasteiger partial charge on any atom is -0.346 e. The SMILES string of the molecule is CC(=O)NC(C#N)Cc1c[nH]c2ncccc12. The Morgan fingerprint density at radius 2 is 2.53 bits per heavy atom. The molecule has 0 fully saturated rings. The van der Waals surface area contributed by atoms with Gasteiger partial charge in [0.15, 0.2) is 0 Å². The largest absolute Gasteiger partial charge is 0.346 e. The van der Waals surface area contributed by atoms with Crippen molar-refractivity contribution < 1.29 is 4.79 Å². The van der Waals surface area contributed by atoms with Crippen molar-refractivity contribution in [1.82, 2.24) is 15.3 Å². The van der Waals surface area contributed by atoms with E-state index in [1.807, 2.05) is 18.3 Å². The molecule has 5 heteroatoms. The molecule has 1 amide bonds. The van der Waals surface area contributed by atoms with Gasteiger partial charge in [0.1, 0.15) is 11.7 Å². The number of hydrogen-bond acceptors (Lipinski definition) is 3. The molecule has 0 bridgehead atoms. The second-order valence-electron chi connectivity index (χ2n) is 3.80. The van der Waals surface area contributed by atoms with Crippen molar-refractivity contribution in [2.24, 2.45) is 0 Å². The van der Waals surface area contributed by atoms with Gasteiger partial charge >= 0.3 is 0 Å². The molecular weight excluding hydrogens is 216 g/mol. The lowest BCUT2D eigenvalue weighted by atomic mass is 10.1. The summed E-state index contributed by atoms with van der Waals surface area (Å²) in [6.45, 7) is 1.40. The standard InChI is InChI=1S/C12H12N4O/c1-8(17)16-10(6-13)5-9-7-15-12-11(9)3-2-4-14-12/h2-4,7,10H,5H2,1H3,(H,14,15)(H,16,17). The number of nitrogens with one attached hydrogen (secondary N) is 2. The third kappa shape index (κ3) is 2.42. The van der Waals surface area contributed by atoms with E-state index in [1.54, 1.807) is 6.20 Å². The number of nitriles is 1. The lowest BCUT2D eigenvalue weighted by Gasteiger charge is -2.08. The fraction of sp³-hybridized carbons (Fsp3) is 0.250. The summed E-state index contributed by atoms with van der Waals surface area (Å²) in [5.74, 6) is -0.200. The summed E-state index contributed by atoms with van der Waals surface area (Å²) < 4.78 is 0. The van der Waals surface area contributed by atoms with Crippen molar-refractivity contribution >= 4 is 16.9 Å². The van der Waals surface area contributed by atoms with E-state index in [0.717, 1.165) is 16.6 Å². The van der Waals surface area contributed by atoms with E-state index in [9.17, 15) is 4.79 Å². The molecule has 0 aliphatic carbocycles. The number of aromatic amines is 1. The van der Waals surface area contributed by atoms with E-state index in [2.05, 4.69) is 21.4 Å². The molecule has 1 unspecified atom stereocenters. The van der Waals surface area contributed by atoms with Crippen LogP contribution in [0.25, 0.3) is 11.0 Å². The van der Waals surface area contributed by atoms with Gasteiger partial charge < -0.3 is 10.3 Å². The third-order valence-electron chi connectivity index (χ3n) is 2.49. The smallest absolute Gasteiger partial charge is 0.217 e. The van der Waals surface area contributed by atoms with Crippen LogP contribution in [0.15, 0.2) is 24.5 Å². The van der Waals surface area contributed by atoms with Crippen LogP contribution in [0.1, 0.15) is 12.5 Å². The van der Waals surface area contributed by atoms with E-state index in [-0.39, 0.29) is 5.91 Å². The van der Waals surface area contributed by atoms with Gasteiger partial charge in [-0.15, -0.1) is 0 Å². The maximum atomic E-state index is 10.9. The van der Waals surface area contributed by atoms with E-state index >= 15 is 0 Å². The molecule has 0 aliphatic heterocycles. The lowest BCUT2D eigenvalue weighted by molar-refractivity contribution is -0.119. The zero-order chi connectivity index (χ0) is 12.3. The number of carbonyl (C=O) groups excluding carboxylic acids is 1. The monoisotopic (exact) mass is 228 g/mol. The highest BCUT2D eigenvalue weighted by atomic mass is 16.1. The summed E-state index contributed by atoms with van der Waals surface area (Å²) >= 11 is 0. The molecule has 2 aromatic heterocycles. The Morgan fingerprint density at radius 1 is 1.71 bits per heavy atom. The van der Waals surface area contributed by atoms with Crippen LogP contribution in [0, 0.1) is 11.3 Å². The molecular formula is C12H12N4O. The average molecular weight is 228 g/mol. The highest BCUT2D eigenvalue weighted by Crippen LogP contribution is 2.16. The molecule has 86 valence electrons. The Morgan fingerprint density at radius 3 is 3.24 bits per heavy atom. The van der Waals surface area contributed by atoms with Crippen LogP contribution in [-0.4, -0.2) is 21.9 Å². The Kier molecular flexibility index (Phi) is 3.06. The number of hydrogen-bond donors (Lipinski definition) is 2. The highest BCUT2D eigenvalue weighted by molar-refractivity contribution is 5.80. The van der Waals surface area contributed by atoms with Gasteiger partial charge in [-0.3, -0.25) is 4.79 Å². The van der Waals surface area contributed by atoms with Crippen LogP contribution in [0.5, 0.6) is 0 Å². The van der Waals surface area contributed by atoms with Crippen LogP contribution in [0.2, 0.25) is 0 Å². The summed E-state index contributed by atoms with van der Waals surface area (Å²) in [6.07, 6.45) is 4.00. The number of amides is 1. The van der Waals surface area contributed by atoms with E-state index in [1.165, 1.54) is 6.92 Å². The average Bonchev–Trinajstić information content (AvgIpc) is 2.71. The molecule has 0 spiro atoms. The van der Waals surface area contributed by atoms with Crippen LogP contribution in [0.3, 0.4) is 0 Å². The minimum absolute atomic E-state index is 0.200. The summed E-state index contributed by atoms with van der Waals surface area (Å²) in [5.41, 5.74) is 1.77. The molecule has 1 atom stereocenters. The van der Waals surface area contributed by atoms with Crippen LogP contribution >= 0.6 is 0 Å². The van der Waals surface area contributed by atoms with Crippen molar-refractivity contribution in [2.75, 3.05) is 0 Å². The molecule has 0 aromatic carbocycles. The van der Waals surface area contributed by atoms with Gasteiger partial charge in [-0.2, -0.15) is 5.26 Å². The number of fused-ring (bicyclic) bond motifs is 1. The number of H-pyrrole nitrogens is 1. The molecule has 0 saturated carbocycles. The molecule has 0 saturated heterocycles. The van der Waals surface area contributed by atoms with Crippen LogP contribution < -0.4 is 5.32 Å². The normalized spacial score (nSPS) is 12.0. The van der Waals surface area contributed by atoms with Gasteiger partial charge in [-0.25, -0.2) is 4.98 Å². The van der Waals surface area contributed by atoms with Crippen LogP contribution in [-0.2, 0) is 11.2 Å². The summed E-state index contributed by atoms with van der Waals surface area (Å²) in [6, 6.07) is 5.35. The Labute approximate surface area is 98.5 Å². The van der Waals surface area contributed by atoms with Crippen molar-refractivity contribution in [3.8, 4) is 6.07 Å². The maximum absolute atomic E-state index is 10.9. The third-order valence-corrected chi connectivity index (χ3v) is 2.49. The topological polar surface area (TPSA) is 81.6 Å². The Hall–Kier alpha value is -2.35. The molecule has 0 radical (unpaired) electrons. The van der Waals surface area contributed by atoms with Gasteiger partial charge in [-0.1, -0.05) is 0 Å². The van der Waals surface area contributed by atoms with Crippen molar-refractivity contribution in [3.63, 3.8) is 0 Å². The minimum atomic E-state index is -0.508. The highest BCUT2D eigenvalue weighted by Gasteiger charge is 2.12. The summed E-state index contributed by atoms with van der Waals surface area (Å²) in [7, 11) is 0. The molecule has 2 rings (SSSR count). The van der Waals surface area contributed by atoms with Crippen molar-refractivity contribution in [2.45, 2.75) is 19.4 Å². The summed E-state index contributed by atoms with van der Waals surface area (Å²) in [5, 5.41) is 12.5. The zero-order valence-corrected chi connectivity index (χ0v) is 9.40. The fourth-order valence-corrected chi connectivity index (χ4v) is 1.78. The van der Waals surface area contributed by atoms with Gasteiger partial charge in [-0.05, 0) is 17.7 Å². The molecule has 2 aromatic rings. The predicted octanol–water partition coefficient (Wildman–Crippen LogP) is 1.13. The number of aromatic nitrogens is 2. The van der Waals surface area contributed by atoms with Gasteiger partial charge in [0.2, 0.25) is 5.91 Å². The first kappa shape index (κ1) is 11.1. The number of nitrogens with zero attached hydrogens (tertiary/aromatic N) is 2. The van der Waals surface area contributed by atoms with E-state index in [0.29, 0.717) is 6.42 Å². The second kappa shape index (κ2) is 4.66. The van der Waals surface area contributed by atoms with Gasteiger partial charge in [0, 0.05) is 31.1 Å². The number of carbonyl (C=O) groups is 1. The molecule has 17 heavy (non-hydrogen) atoms. The molecule has 2 heterocycles. The summed E-state index contributed by atoms with van der Waals surface area (Å²) in [4.78, 5) is 18.1. The second-order valence-corrected chi connectivity index (χ2v) is 3.80. The first-order chi connectivity index (χ1) is 8.20. The van der Waals surface area contributed by atoms with Crippen LogP contribution in [0.4, 0.5) is 0 Å².